The monoisotopic (exact) mass is 274 g/mol. The van der Waals surface area contributed by atoms with Crippen LogP contribution in [0.25, 0.3) is 0 Å². The SMILES string of the molecule is CCC(C)(N)C(=O)N1C(C(=O)O)CSC1C(C)C. The summed E-state index contributed by atoms with van der Waals surface area (Å²) in [6.45, 7) is 7.47. The van der Waals surface area contributed by atoms with Gasteiger partial charge in [-0.1, -0.05) is 20.8 Å². The first-order valence-electron chi connectivity index (χ1n) is 6.18. The number of rotatable bonds is 4. The first-order chi connectivity index (χ1) is 8.22. The minimum atomic E-state index is -0.994. The predicted molar refractivity (Wildman–Crippen MR) is 72.2 cm³/mol. The number of carbonyl (C=O) groups is 2. The number of carbonyl (C=O) groups excluding carboxylic acids is 1. The van der Waals surface area contributed by atoms with E-state index in [1.54, 1.807) is 6.92 Å². The summed E-state index contributed by atoms with van der Waals surface area (Å²) in [7, 11) is 0. The number of thioether (sulfide) groups is 1. The zero-order valence-electron chi connectivity index (χ0n) is 11.3. The Bertz CT molecular complexity index is 344. The summed E-state index contributed by atoms with van der Waals surface area (Å²) >= 11 is 1.52. The maximum Gasteiger partial charge on any atom is 0.327 e. The van der Waals surface area contributed by atoms with Gasteiger partial charge in [-0.25, -0.2) is 4.79 Å². The molecule has 0 radical (unpaired) electrons. The number of carboxylic acids is 1. The Labute approximate surface area is 112 Å². The predicted octanol–water partition coefficient (Wildman–Crippen LogP) is 1.12. The molecular formula is C12H22N2O3S. The largest absolute Gasteiger partial charge is 0.480 e. The van der Waals surface area contributed by atoms with Gasteiger partial charge in [-0.3, -0.25) is 4.79 Å². The molecule has 1 aliphatic heterocycles. The van der Waals surface area contributed by atoms with Crippen molar-refractivity contribution in [1.82, 2.24) is 4.90 Å². The lowest BCUT2D eigenvalue weighted by Crippen LogP contribution is -2.58. The Morgan fingerprint density at radius 1 is 1.56 bits per heavy atom. The minimum absolute atomic E-state index is 0.104. The third-order valence-electron chi connectivity index (χ3n) is 3.35. The topological polar surface area (TPSA) is 83.6 Å². The molecule has 1 heterocycles. The van der Waals surface area contributed by atoms with Gasteiger partial charge in [-0.05, 0) is 19.3 Å². The van der Waals surface area contributed by atoms with E-state index in [4.69, 9.17) is 5.73 Å². The maximum absolute atomic E-state index is 12.5. The van der Waals surface area contributed by atoms with Crippen LogP contribution in [0.15, 0.2) is 0 Å². The molecule has 3 N–H and O–H groups in total. The van der Waals surface area contributed by atoms with Crippen LogP contribution in [0.2, 0.25) is 0 Å². The zero-order chi connectivity index (χ0) is 14.1. The van der Waals surface area contributed by atoms with Gasteiger partial charge in [0.15, 0.2) is 0 Å². The first-order valence-corrected chi connectivity index (χ1v) is 7.23. The van der Waals surface area contributed by atoms with Gasteiger partial charge in [0, 0.05) is 5.75 Å². The molecule has 3 atom stereocenters. The molecule has 0 aromatic rings. The molecule has 0 bridgehead atoms. The zero-order valence-corrected chi connectivity index (χ0v) is 12.2. The summed E-state index contributed by atoms with van der Waals surface area (Å²) in [5.74, 6) is -0.577. The average Bonchev–Trinajstić information content (AvgIpc) is 2.72. The lowest BCUT2D eigenvalue weighted by Gasteiger charge is -2.35. The number of aliphatic carboxylic acids is 1. The quantitative estimate of drug-likeness (QED) is 0.802. The molecule has 0 spiro atoms. The summed E-state index contributed by atoms with van der Waals surface area (Å²) in [5.41, 5.74) is 4.98. The van der Waals surface area contributed by atoms with Crippen LogP contribution < -0.4 is 5.73 Å². The average molecular weight is 274 g/mol. The van der Waals surface area contributed by atoms with E-state index in [2.05, 4.69) is 0 Å². The molecule has 0 aliphatic carbocycles. The van der Waals surface area contributed by atoms with Gasteiger partial charge in [0.05, 0.1) is 10.9 Å². The van der Waals surface area contributed by atoms with Gasteiger partial charge >= 0.3 is 5.97 Å². The van der Waals surface area contributed by atoms with Gasteiger partial charge in [-0.15, -0.1) is 11.8 Å². The van der Waals surface area contributed by atoms with Crippen LogP contribution in [0.5, 0.6) is 0 Å². The number of hydrogen-bond acceptors (Lipinski definition) is 4. The van der Waals surface area contributed by atoms with Gasteiger partial charge in [-0.2, -0.15) is 0 Å². The van der Waals surface area contributed by atoms with Crippen molar-refractivity contribution < 1.29 is 14.7 Å². The maximum atomic E-state index is 12.5. The molecule has 0 aromatic heterocycles. The second kappa shape index (κ2) is 5.48. The van der Waals surface area contributed by atoms with E-state index in [0.29, 0.717) is 12.2 Å². The molecule has 1 fully saturated rings. The van der Waals surface area contributed by atoms with Crippen molar-refractivity contribution in [2.75, 3.05) is 5.75 Å². The normalized spacial score (nSPS) is 27.3. The highest BCUT2D eigenvalue weighted by Crippen LogP contribution is 2.35. The van der Waals surface area contributed by atoms with E-state index in [-0.39, 0.29) is 17.2 Å². The molecule has 5 nitrogen and oxygen atoms in total. The van der Waals surface area contributed by atoms with Crippen molar-refractivity contribution in [2.45, 2.75) is 51.1 Å². The number of nitrogens with zero attached hydrogens (tertiary/aromatic N) is 1. The fraction of sp³-hybridized carbons (Fsp3) is 0.833. The smallest absolute Gasteiger partial charge is 0.327 e. The summed E-state index contributed by atoms with van der Waals surface area (Å²) in [6, 6.07) is -0.760. The van der Waals surface area contributed by atoms with Crippen molar-refractivity contribution in [1.29, 1.82) is 0 Å². The number of hydrogen-bond donors (Lipinski definition) is 2. The van der Waals surface area contributed by atoms with Gasteiger partial charge < -0.3 is 15.7 Å². The van der Waals surface area contributed by atoms with Crippen LogP contribution in [0.1, 0.15) is 34.1 Å². The molecule has 18 heavy (non-hydrogen) atoms. The Morgan fingerprint density at radius 2 is 2.11 bits per heavy atom. The molecule has 3 unspecified atom stereocenters. The Balaban J connectivity index is 3.04. The summed E-state index contributed by atoms with van der Waals surface area (Å²) in [4.78, 5) is 25.2. The lowest BCUT2D eigenvalue weighted by molar-refractivity contribution is -0.151. The molecule has 104 valence electrons. The van der Waals surface area contributed by atoms with Gasteiger partial charge in [0.25, 0.3) is 0 Å². The molecule has 1 aliphatic rings. The highest BCUT2D eigenvalue weighted by atomic mass is 32.2. The molecule has 1 saturated heterocycles. The van der Waals surface area contributed by atoms with Crippen molar-refractivity contribution in [3.05, 3.63) is 0 Å². The first kappa shape index (κ1) is 15.3. The van der Waals surface area contributed by atoms with E-state index >= 15 is 0 Å². The number of amides is 1. The van der Waals surface area contributed by atoms with E-state index in [1.807, 2.05) is 20.8 Å². The van der Waals surface area contributed by atoms with Crippen LogP contribution in [0.4, 0.5) is 0 Å². The van der Waals surface area contributed by atoms with E-state index in [1.165, 1.54) is 16.7 Å². The van der Waals surface area contributed by atoms with Crippen molar-refractivity contribution in [2.24, 2.45) is 11.7 Å². The van der Waals surface area contributed by atoms with Crippen molar-refractivity contribution >= 4 is 23.6 Å². The lowest BCUT2D eigenvalue weighted by atomic mass is 9.97. The van der Waals surface area contributed by atoms with Crippen molar-refractivity contribution in [3.8, 4) is 0 Å². The number of carboxylic acid groups (broad SMARTS) is 1. The van der Waals surface area contributed by atoms with Crippen LogP contribution in [0, 0.1) is 5.92 Å². The van der Waals surface area contributed by atoms with E-state index in [0.717, 1.165) is 0 Å². The van der Waals surface area contributed by atoms with Crippen LogP contribution in [-0.4, -0.2) is 44.6 Å². The molecular weight excluding hydrogens is 252 g/mol. The standard InChI is InChI=1S/C12H22N2O3S/c1-5-12(4,13)11(17)14-8(10(15)16)6-18-9(14)7(2)3/h7-9H,5-6,13H2,1-4H3,(H,15,16). The molecule has 1 amide bonds. The third-order valence-corrected chi connectivity index (χ3v) is 4.97. The summed E-state index contributed by atoms with van der Waals surface area (Å²) in [6.07, 6.45) is 0.490. The van der Waals surface area contributed by atoms with Crippen LogP contribution in [-0.2, 0) is 9.59 Å². The highest BCUT2D eigenvalue weighted by Gasteiger charge is 2.46. The third kappa shape index (κ3) is 2.80. The van der Waals surface area contributed by atoms with Crippen LogP contribution in [0.3, 0.4) is 0 Å². The molecule has 0 aromatic carbocycles. The fourth-order valence-electron chi connectivity index (χ4n) is 1.93. The molecule has 0 saturated carbocycles. The summed E-state index contributed by atoms with van der Waals surface area (Å²) < 4.78 is 0. The highest BCUT2D eigenvalue weighted by molar-refractivity contribution is 8.00. The Morgan fingerprint density at radius 3 is 2.50 bits per heavy atom. The van der Waals surface area contributed by atoms with Gasteiger partial charge in [0.1, 0.15) is 6.04 Å². The van der Waals surface area contributed by atoms with Gasteiger partial charge in [0.2, 0.25) is 5.91 Å². The molecule has 1 rings (SSSR count). The molecule has 6 heteroatoms. The Kier molecular flexibility index (Phi) is 4.66. The second-order valence-electron chi connectivity index (χ2n) is 5.31. The van der Waals surface area contributed by atoms with E-state index in [9.17, 15) is 14.7 Å². The van der Waals surface area contributed by atoms with Crippen LogP contribution >= 0.6 is 11.8 Å². The Hall–Kier alpha value is -0.750. The number of nitrogens with two attached hydrogens (primary N) is 1. The fourth-order valence-corrected chi connectivity index (χ4v) is 3.41. The van der Waals surface area contributed by atoms with E-state index < -0.39 is 17.6 Å². The second-order valence-corrected chi connectivity index (χ2v) is 6.46. The summed E-state index contributed by atoms with van der Waals surface area (Å²) in [5, 5.41) is 9.12. The van der Waals surface area contributed by atoms with Crippen molar-refractivity contribution in [3.63, 3.8) is 0 Å². The minimum Gasteiger partial charge on any atom is -0.480 e.